The van der Waals surface area contributed by atoms with Gasteiger partial charge < -0.3 is 10.1 Å². The van der Waals surface area contributed by atoms with Crippen LogP contribution >= 0.6 is 0 Å². The lowest BCUT2D eigenvalue weighted by Crippen LogP contribution is -2.16. The number of nitrogens with one attached hydrogen (secondary N) is 1. The summed E-state index contributed by atoms with van der Waals surface area (Å²) in [6.45, 7) is 1.39. The van der Waals surface area contributed by atoms with Crippen LogP contribution in [0, 0.1) is 0 Å². The zero-order valence-corrected chi connectivity index (χ0v) is 9.54. The van der Waals surface area contributed by atoms with Crippen molar-refractivity contribution in [3.63, 3.8) is 0 Å². The van der Waals surface area contributed by atoms with Gasteiger partial charge in [-0.3, -0.25) is 0 Å². The van der Waals surface area contributed by atoms with Gasteiger partial charge in [-0.05, 0) is 25.0 Å². The van der Waals surface area contributed by atoms with E-state index >= 15 is 0 Å². The summed E-state index contributed by atoms with van der Waals surface area (Å²) >= 11 is 0. The van der Waals surface area contributed by atoms with Gasteiger partial charge >= 0.3 is 6.61 Å². The number of hydrogen-bond acceptors (Lipinski definition) is 2. The van der Waals surface area contributed by atoms with Gasteiger partial charge in [0.15, 0.2) is 0 Å². The number of benzene rings is 1. The standard InChI is InChI=1S/C12H17F2NO/c1-3-9(4-2)15-10-6-5-7-11(8-10)16-12(13)14/h5-9,12,15H,3-4H2,1-2H3. The third kappa shape index (κ3) is 4.04. The van der Waals surface area contributed by atoms with Crippen LogP contribution in [-0.4, -0.2) is 12.7 Å². The SMILES string of the molecule is CCC(CC)Nc1cccc(OC(F)F)c1. The van der Waals surface area contributed by atoms with Gasteiger partial charge in [-0.25, -0.2) is 0 Å². The van der Waals surface area contributed by atoms with Crippen LogP contribution in [0.5, 0.6) is 5.75 Å². The van der Waals surface area contributed by atoms with Crippen molar-refractivity contribution in [2.24, 2.45) is 0 Å². The second kappa shape index (κ2) is 6.30. The van der Waals surface area contributed by atoms with Crippen molar-refractivity contribution < 1.29 is 13.5 Å². The van der Waals surface area contributed by atoms with Gasteiger partial charge in [0.05, 0.1) is 0 Å². The number of rotatable bonds is 6. The molecule has 0 aliphatic rings. The lowest BCUT2D eigenvalue weighted by molar-refractivity contribution is -0.0498. The second-order valence-electron chi connectivity index (χ2n) is 3.56. The summed E-state index contributed by atoms with van der Waals surface area (Å²) in [6.07, 6.45) is 1.99. The lowest BCUT2D eigenvalue weighted by Gasteiger charge is -2.16. The van der Waals surface area contributed by atoms with Crippen LogP contribution in [0.25, 0.3) is 0 Å². The Morgan fingerprint density at radius 1 is 1.25 bits per heavy atom. The molecule has 1 rings (SSSR count). The third-order valence-corrected chi connectivity index (χ3v) is 2.42. The Kier molecular flexibility index (Phi) is 5.02. The molecule has 0 heterocycles. The van der Waals surface area contributed by atoms with Crippen molar-refractivity contribution in [2.45, 2.75) is 39.3 Å². The Hall–Kier alpha value is -1.32. The number of hydrogen-bond donors (Lipinski definition) is 1. The highest BCUT2D eigenvalue weighted by atomic mass is 19.3. The summed E-state index contributed by atoms with van der Waals surface area (Å²) in [6, 6.07) is 7.01. The molecule has 4 heteroatoms. The molecule has 0 aliphatic carbocycles. The highest BCUT2D eigenvalue weighted by Crippen LogP contribution is 2.20. The quantitative estimate of drug-likeness (QED) is 0.799. The van der Waals surface area contributed by atoms with Gasteiger partial charge in [0.25, 0.3) is 0 Å². The minimum Gasteiger partial charge on any atom is -0.435 e. The molecule has 1 N–H and O–H groups in total. The Morgan fingerprint density at radius 2 is 1.94 bits per heavy atom. The minimum atomic E-state index is -2.77. The van der Waals surface area contributed by atoms with Crippen molar-refractivity contribution in [3.05, 3.63) is 24.3 Å². The largest absolute Gasteiger partial charge is 0.435 e. The van der Waals surface area contributed by atoms with Crippen molar-refractivity contribution in [2.75, 3.05) is 5.32 Å². The van der Waals surface area contributed by atoms with Crippen LogP contribution in [0.3, 0.4) is 0 Å². The fourth-order valence-corrected chi connectivity index (χ4v) is 1.49. The van der Waals surface area contributed by atoms with E-state index in [4.69, 9.17) is 0 Å². The molecule has 0 unspecified atom stereocenters. The monoisotopic (exact) mass is 229 g/mol. The molecule has 0 amide bonds. The minimum absolute atomic E-state index is 0.186. The summed E-state index contributed by atoms with van der Waals surface area (Å²) in [4.78, 5) is 0. The predicted octanol–water partition coefficient (Wildman–Crippen LogP) is 3.89. The van der Waals surface area contributed by atoms with E-state index in [1.54, 1.807) is 12.1 Å². The molecule has 0 aliphatic heterocycles. The van der Waals surface area contributed by atoms with Crippen LogP contribution in [0.2, 0.25) is 0 Å². The zero-order valence-electron chi connectivity index (χ0n) is 9.54. The Balaban J connectivity index is 2.66. The zero-order chi connectivity index (χ0) is 12.0. The first kappa shape index (κ1) is 12.7. The molecular weight excluding hydrogens is 212 g/mol. The Morgan fingerprint density at radius 3 is 2.50 bits per heavy atom. The summed E-state index contributed by atoms with van der Waals surface area (Å²) in [5.41, 5.74) is 0.812. The number of ether oxygens (including phenoxy) is 1. The van der Waals surface area contributed by atoms with Crippen LogP contribution in [0.15, 0.2) is 24.3 Å². The highest BCUT2D eigenvalue weighted by Gasteiger charge is 2.06. The normalized spacial score (nSPS) is 10.9. The van der Waals surface area contributed by atoms with Crippen molar-refractivity contribution in [1.29, 1.82) is 0 Å². The van der Waals surface area contributed by atoms with E-state index in [1.165, 1.54) is 6.07 Å². The molecular formula is C12H17F2NO. The topological polar surface area (TPSA) is 21.3 Å². The lowest BCUT2D eigenvalue weighted by atomic mass is 10.1. The summed E-state index contributed by atoms with van der Waals surface area (Å²) in [5, 5.41) is 3.27. The average molecular weight is 229 g/mol. The maximum absolute atomic E-state index is 12.0. The van der Waals surface area contributed by atoms with Crippen molar-refractivity contribution in [3.8, 4) is 5.75 Å². The summed E-state index contributed by atoms with van der Waals surface area (Å²) < 4.78 is 28.3. The van der Waals surface area contributed by atoms with Crippen LogP contribution in [-0.2, 0) is 0 Å². The maximum Gasteiger partial charge on any atom is 0.387 e. The predicted molar refractivity (Wildman–Crippen MR) is 61.1 cm³/mol. The van der Waals surface area contributed by atoms with Crippen molar-refractivity contribution >= 4 is 5.69 Å². The van der Waals surface area contributed by atoms with E-state index in [9.17, 15) is 8.78 Å². The molecule has 90 valence electrons. The Labute approximate surface area is 94.6 Å². The van der Waals surface area contributed by atoms with E-state index in [0.717, 1.165) is 18.5 Å². The molecule has 1 aromatic rings. The summed E-state index contributed by atoms with van der Waals surface area (Å²) in [5.74, 6) is 0.186. The second-order valence-corrected chi connectivity index (χ2v) is 3.56. The molecule has 16 heavy (non-hydrogen) atoms. The smallest absolute Gasteiger partial charge is 0.387 e. The van der Waals surface area contributed by atoms with E-state index in [-0.39, 0.29) is 5.75 Å². The molecule has 1 aromatic carbocycles. The fourth-order valence-electron chi connectivity index (χ4n) is 1.49. The Bertz CT molecular complexity index is 314. The molecule has 0 aromatic heterocycles. The molecule has 0 atom stereocenters. The average Bonchev–Trinajstić information content (AvgIpc) is 2.25. The first-order valence-corrected chi connectivity index (χ1v) is 5.47. The van der Waals surface area contributed by atoms with Gasteiger partial charge in [0.1, 0.15) is 5.75 Å². The van der Waals surface area contributed by atoms with Crippen LogP contribution < -0.4 is 10.1 Å². The third-order valence-electron chi connectivity index (χ3n) is 2.42. The molecule has 0 spiro atoms. The number of halogens is 2. The van der Waals surface area contributed by atoms with Gasteiger partial charge in [-0.15, -0.1) is 0 Å². The van der Waals surface area contributed by atoms with E-state index in [0.29, 0.717) is 6.04 Å². The molecule has 0 saturated carbocycles. The molecule has 0 radical (unpaired) electrons. The van der Waals surface area contributed by atoms with E-state index in [2.05, 4.69) is 23.9 Å². The molecule has 0 saturated heterocycles. The maximum atomic E-state index is 12.0. The molecule has 2 nitrogen and oxygen atoms in total. The summed E-state index contributed by atoms with van der Waals surface area (Å²) in [7, 11) is 0. The molecule has 0 bridgehead atoms. The van der Waals surface area contributed by atoms with Crippen LogP contribution in [0.1, 0.15) is 26.7 Å². The fraction of sp³-hybridized carbons (Fsp3) is 0.500. The first-order valence-electron chi connectivity index (χ1n) is 5.47. The number of anilines is 1. The van der Waals surface area contributed by atoms with E-state index in [1.807, 2.05) is 6.07 Å². The van der Waals surface area contributed by atoms with E-state index < -0.39 is 6.61 Å². The van der Waals surface area contributed by atoms with Gasteiger partial charge in [-0.2, -0.15) is 8.78 Å². The number of alkyl halides is 2. The van der Waals surface area contributed by atoms with Gasteiger partial charge in [-0.1, -0.05) is 19.9 Å². The van der Waals surface area contributed by atoms with Crippen LogP contribution in [0.4, 0.5) is 14.5 Å². The van der Waals surface area contributed by atoms with Gasteiger partial charge in [0.2, 0.25) is 0 Å². The first-order chi connectivity index (χ1) is 7.65. The highest BCUT2D eigenvalue weighted by molar-refractivity contribution is 5.48. The van der Waals surface area contributed by atoms with Gasteiger partial charge in [0, 0.05) is 17.8 Å². The molecule has 0 fully saturated rings. The van der Waals surface area contributed by atoms with Crippen molar-refractivity contribution in [1.82, 2.24) is 0 Å².